The van der Waals surface area contributed by atoms with Gasteiger partial charge in [0.1, 0.15) is 16.5 Å². The van der Waals surface area contributed by atoms with E-state index >= 15 is 0 Å². The van der Waals surface area contributed by atoms with Crippen LogP contribution in [0.2, 0.25) is 0 Å². The molecule has 0 spiro atoms. The summed E-state index contributed by atoms with van der Waals surface area (Å²) >= 11 is 1.51. The molecule has 1 aliphatic heterocycles. The Morgan fingerprint density at radius 2 is 2.03 bits per heavy atom. The molecular weight excluding hydrogens is 433 g/mol. The van der Waals surface area contributed by atoms with E-state index < -0.39 is 12.0 Å². The first-order chi connectivity index (χ1) is 14.7. The molecule has 0 bridgehead atoms. The zero-order valence-electron chi connectivity index (χ0n) is 16.7. The lowest BCUT2D eigenvalue weighted by molar-refractivity contribution is -0.0671. The Morgan fingerprint density at radius 3 is 2.65 bits per heavy atom. The van der Waals surface area contributed by atoms with Gasteiger partial charge in [0.15, 0.2) is 0 Å². The number of aromatic nitrogens is 4. The van der Waals surface area contributed by atoms with Crippen LogP contribution in [0.4, 0.5) is 19.0 Å². The topological polar surface area (TPSA) is 119 Å². The zero-order chi connectivity index (χ0) is 22.3. The number of fused-ring (bicyclic) bond motifs is 1. The SMILES string of the molecule is CCCc1cc2c(N3CCN(C(=N)C(F)(F)F)C(=N)C3)nc(-c3nnc(C)o3)nc2s1. The van der Waals surface area contributed by atoms with Crippen LogP contribution < -0.4 is 4.90 Å². The first-order valence-electron chi connectivity index (χ1n) is 9.54. The zero-order valence-corrected chi connectivity index (χ0v) is 17.6. The van der Waals surface area contributed by atoms with E-state index in [4.69, 9.17) is 15.2 Å². The van der Waals surface area contributed by atoms with Gasteiger partial charge in [-0.05, 0) is 12.5 Å². The third kappa shape index (κ3) is 4.09. The van der Waals surface area contributed by atoms with Crippen molar-refractivity contribution in [1.82, 2.24) is 25.1 Å². The van der Waals surface area contributed by atoms with Gasteiger partial charge >= 0.3 is 6.18 Å². The Labute approximate surface area is 178 Å². The van der Waals surface area contributed by atoms with E-state index in [1.807, 2.05) is 6.07 Å². The Hall–Kier alpha value is -3.09. The second kappa shape index (κ2) is 7.87. The molecule has 1 fully saturated rings. The fourth-order valence-corrected chi connectivity index (χ4v) is 4.45. The third-order valence-electron chi connectivity index (χ3n) is 4.74. The fourth-order valence-electron chi connectivity index (χ4n) is 3.33. The molecule has 164 valence electrons. The van der Waals surface area contributed by atoms with Crippen molar-refractivity contribution < 1.29 is 17.6 Å². The summed E-state index contributed by atoms with van der Waals surface area (Å²) in [4.78, 5) is 13.3. The molecule has 1 saturated heterocycles. The van der Waals surface area contributed by atoms with Gasteiger partial charge in [0.25, 0.3) is 5.89 Å². The van der Waals surface area contributed by atoms with Crippen molar-refractivity contribution >= 4 is 39.0 Å². The number of rotatable bonds is 4. The molecule has 3 aromatic heterocycles. The molecule has 0 unspecified atom stereocenters. The van der Waals surface area contributed by atoms with Crippen LogP contribution in [0.3, 0.4) is 0 Å². The number of nitrogens with zero attached hydrogens (tertiary/aromatic N) is 6. The summed E-state index contributed by atoms with van der Waals surface area (Å²) < 4.78 is 44.3. The minimum absolute atomic E-state index is 0.119. The molecular formula is C18H19F3N8OS. The Bertz CT molecular complexity index is 1150. The molecule has 4 heterocycles. The van der Waals surface area contributed by atoms with Gasteiger partial charge in [-0.15, -0.1) is 21.5 Å². The lowest BCUT2D eigenvalue weighted by Crippen LogP contribution is -2.55. The van der Waals surface area contributed by atoms with Crippen LogP contribution in [0.5, 0.6) is 0 Å². The van der Waals surface area contributed by atoms with E-state index in [0.717, 1.165) is 23.1 Å². The summed E-state index contributed by atoms with van der Waals surface area (Å²) in [5.74, 6) is -0.618. The molecule has 3 aromatic rings. The van der Waals surface area contributed by atoms with Crippen LogP contribution in [-0.4, -0.2) is 62.5 Å². The van der Waals surface area contributed by atoms with E-state index in [0.29, 0.717) is 21.4 Å². The molecule has 4 rings (SSSR count). The van der Waals surface area contributed by atoms with Gasteiger partial charge in [0.2, 0.25) is 17.6 Å². The number of aryl methyl sites for hydroxylation is 2. The molecule has 0 saturated carbocycles. The predicted molar refractivity (Wildman–Crippen MR) is 110 cm³/mol. The smallest absolute Gasteiger partial charge is 0.418 e. The van der Waals surface area contributed by atoms with Crippen molar-refractivity contribution in [1.29, 1.82) is 10.8 Å². The molecule has 0 aliphatic carbocycles. The van der Waals surface area contributed by atoms with Gasteiger partial charge in [0.05, 0.1) is 11.9 Å². The van der Waals surface area contributed by atoms with Gasteiger partial charge in [0, 0.05) is 24.9 Å². The maximum absolute atomic E-state index is 12.9. The monoisotopic (exact) mass is 452 g/mol. The van der Waals surface area contributed by atoms with Crippen molar-refractivity contribution in [3.63, 3.8) is 0 Å². The van der Waals surface area contributed by atoms with Gasteiger partial charge in [-0.2, -0.15) is 13.2 Å². The minimum Gasteiger partial charge on any atom is -0.418 e. The number of anilines is 1. The number of thiophene rings is 1. The molecule has 0 radical (unpaired) electrons. The number of piperazine rings is 1. The van der Waals surface area contributed by atoms with Crippen LogP contribution >= 0.6 is 11.3 Å². The second-order valence-electron chi connectivity index (χ2n) is 7.04. The molecule has 0 atom stereocenters. The summed E-state index contributed by atoms with van der Waals surface area (Å²) in [6.45, 7) is 3.61. The number of hydrogen-bond donors (Lipinski definition) is 2. The van der Waals surface area contributed by atoms with Crippen LogP contribution in [0.1, 0.15) is 24.1 Å². The van der Waals surface area contributed by atoms with Crippen molar-refractivity contribution in [2.24, 2.45) is 0 Å². The van der Waals surface area contributed by atoms with Crippen molar-refractivity contribution in [2.45, 2.75) is 32.9 Å². The second-order valence-corrected chi connectivity index (χ2v) is 8.16. The average molecular weight is 452 g/mol. The summed E-state index contributed by atoms with van der Waals surface area (Å²) in [7, 11) is 0. The van der Waals surface area contributed by atoms with Crippen LogP contribution in [0.25, 0.3) is 21.9 Å². The summed E-state index contributed by atoms with van der Waals surface area (Å²) in [5.41, 5.74) is 0. The maximum Gasteiger partial charge on any atom is 0.449 e. The van der Waals surface area contributed by atoms with Crippen LogP contribution in [-0.2, 0) is 6.42 Å². The predicted octanol–water partition coefficient (Wildman–Crippen LogP) is 3.64. The summed E-state index contributed by atoms with van der Waals surface area (Å²) in [6, 6.07) is 1.98. The molecule has 9 nitrogen and oxygen atoms in total. The van der Waals surface area contributed by atoms with Gasteiger partial charge in [-0.3, -0.25) is 10.8 Å². The van der Waals surface area contributed by atoms with Crippen molar-refractivity contribution in [3.8, 4) is 11.7 Å². The highest BCUT2D eigenvalue weighted by molar-refractivity contribution is 7.18. The highest BCUT2D eigenvalue weighted by Crippen LogP contribution is 2.34. The van der Waals surface area contributed by atoms with E-state index in [1.54, 1.807) is 11.8 Å². The first kappa shape index (κ1) is 21.2. The highest BCUT2D eigenvalue weighted by Gasteiger charge is 2.41. The molecule has 1 aliphatic rings. The van der Waals surface area contributed by atoms with Crippen molar-refractivity contribution in [3.05, 3.63) is 16.8 Å². The van der Waals surface area contributed by atoms with Gasteiger partial charge < -0.3 is 14.2 Å². The lowest BCUT2D eigenvalue weighted by Gasteiger charge is -2.37. The van der Waals surface area contributed by atoms with Crippen molar-refractivity contribution in [2.75, 3.05) is 24.5 Å². The Balaban J connectivity index is 1.72. The number of amidine groups is 2. The number of hydrogen-bond acceptors (Lipinski definition) is 9. The Kier molecular flexibility index (Phi) is 5.37. The van der Waals surface area contributed by atoms with E-state index in [9.17, 15) is 13.2 Å². The Morgan fingerprint density at radius 1 is 1.26 bits per heavy atom. The number of nitrogens with one attached hydrogen (secondary N) is 2. The van der Waals surface area contributed by atoms with Gasteiger partial charge in [-0.25, -0.2) is 9.97 Å². The molecule has 13 heteroatoms. The lowest BCUT2D eigenvalue weighted by atomic mass is 10.2. The van der Waals surface area contributed by atoms with E-state index in [1.165, 1.54) is 11.3 Å². The summed E-state index contributed by atoms with van der Waals surface area (Å²) in [6.07, 6.45) is -2.99. The molecule has 2 N–H and O–H groups in total. The molecule has 31 heavy (non-hydrogen) atoms. The average Bonchev–Trinajstić information content (AvgIpc) is 3.31. The quantitative estimate of drug-likeness (QED) is 0.458. The number of halogens is 3. The van der Waals surface area contributed by atoms with E-state index in [-0.39, 0.29) is 37.2 Å². The minimum atomic E-state index is -4.80. The van der Waals surface area contributed by atoms with Crippen LogP contribution in [0, 0.1) is 17.7 Å². The normalized spacial score (nSPS) is 15.2. The molecule has 0 amide bonds. The maximum atomic E-state index is 12.9. The fraction of sp³-hybridized carbons (Fsp3) is 0.444. The third-order valence-corrected chi connectivity index (χ3v) is 5.82. The van der Waals surface area contributed by atoms with E-state index in [2.05, 4.69) is 27.1 Å². The van der Waals surface area contributed by atoms with Gasteiger partial charge in [-0.1, -0.05) is 13.3 Å². The number of alkyl halides is 3. The molecule has 0 aromatic carbocycles. The highest BCUT2D eigenvalue weighted by atomic mass is 32.1. The largest absolute Gasteiger partial charge is 0.449 e. The first-order valence-corrected chi connectivity index (χ1v) is 10.4. The van der Waals surface area contributed by atoms with Crippen LogP contribution in [0.15, 0.2) is 10.5 Å². The standard InChI is InChI=1S/C18H19F3N8OS/c1-3-4-10-7-11-14(24-13(25-16(11)31-10)15-27-26-9(2)30-15)28-5-6-29(12(22)8-28)17(23)18(19,20)21/h7,22-23H,3-6,8H2,1-2H3. The summed E-state index contributed by atoms with van der Waals surface area (Å²) in [5, 5.41) is 24.0.